The van der Waals surface area contributed by atoms with Gasteiger partial charge in [0.15, 0.2) is 5.16 Å². The minimum absolute atomic E-state index is 0.222. The van der Waals surface area contributed by atoms with Crippen molar-refractivity contribution in [2.75, 3.05) is 19.0 Å². The maximum absolute atomic E-state index is 13.3. The van der Waals surface area contributed by atoms with Gasteiger partial charge in [-0.2, -0.15) is 13.2 Å². The molecule has 0 amide bonds. The molecule has 4 rings (SSSR count). The van der Waals surface area contributed by atoms with E-state index in [0.29, 0.717) is 27.3 Å². The zero-order chi connectivity index (χ0) is 22.9. The zero-order valence-corrected chi connectivity index (χ0v) is 18.2. The third-order valence-corrected chi connectivity index (χ3v) is 6.00. The first kappa shape index (κ1) is 22.0. The van der Waals surface area contributed by atoms with E-state index in [-0.39, 0.29) is 11.3 Å². The zero-order valence-electron chi connectivity index (χ0n) is 17.4. The smallest absolute Gasteiger partial charge is 0.378 e. The highest BCUT2D eigenvalue weighted by atomic mass is 32.2. The largest absolute Gasteiger partial charge is 0.416 e. The molecule has 4 nitrogen and oxygen atoms in total. The van der Waals surface area contributed by atoms with Crippen LogP contribution in [-0.4, -0.2) is 23.6 Å². The van der Waals surface area contributed by atoms with E-state index in [4.69, 9.17) is 0 Å². The van der Waals surface area contributed by atoms with E-state index >= 15 is 0 Å². The van der Waals surface area contributed by atoms with Crippen LogP contribution in [-0.2, 0) is 11.9 Å². The van der Waals surface area contributed by atoms with Crippen molar-refractivity contribution in [2.45, 2.75) is 17.1 Å². The minimum Gasteiger partial charge on any atom is -0.378 e. The van der Waals surface area contributed by atoms with Crippen molar-refractivity contribution in [3.63, 3.8) is 0 Å². The van der Waals surface area contributed by atoms with Gasteiger partial charge >= 0.3 is 6.18 Å². The van der Waals surface area contributed by atoms with E-state index in [1.165, 1.54) is 22.4 Å². The lowest BCUT2D eigenvalue weighted by Crippen LogP contribution is -2.22. The van der Waals surface area contributed by atoms with Gasteiger partial charge in [0.2, 0.25) is 0 Å². The minimum atomic E-state index is -4.40. The van der Waals surface area contributed by atoms with E-state index in [2.05, 4.69) is 4.98 Å². The second-order valence-corrected chi connectivity index (χ2v) is 8.39. The lowest BCUT2D eigenvalue weighted by atomic mass is 10.1. The number of thioether (sulfide) groups is 1. The van der Waals surface area contributed by atoms with Crippen LogP contribution in [0, 0.1) is 0 Å². The van der Waals surface area contributed by atoms with Gasteiger partial charge in [0.1, 0.15) is 0 Å². The van der Waals surface area contributed by atoms with Crippen LogP contribution in [0.4, 0.5) is 18.9 Å². The molecule has 164 valence electrons. The standard InChI is InChI=1S/C24H20F3N3OS/c1-29(2)18-10-12-19(13-11-18)30-22(31)20-8-3-4-9-21(20)28-23(30)32-15-16-6-5-7-17(14-16)24(25,26)27/h3-14H,15H2,1-2H3. The van der Waals surface area contributed by atoms with Gasteiger partial charge in [-0.05, 0) is 48.0 Å². The highest BCUT2D eigenvalue weighted by molar-refractivity contribution is 7.98. The summed E-state index contributed by atoms with van der Waals surface area (Å²) in [5.74, 6) is 0.241. The quantitative estimate of drug-likeness (QED) is 0.283. The number of rotatable bonds is 5. The Bertz CT molecular complexity index is 1310. The van der Waals surface area contributed by atoms with Gasteiger partial charge in [-0.3, -0.25) is 9.36 Å². The first-order chi connectivity index (χ1) is 15.2. The molecule has 0 aliphatic carbocycles. The van der Waals surface area contributed by atoms with Gasteiger partial charge < -0.3 is 4.90 Å². The number of aromatic nitrogens is 2. The summed E-state index contributed by atoms with van der Waals surface area (Å²) in [6, 6.07) is 19.7. The molecule has 0 aliphatic heterocycles. The van der Waals surface area contributed by atoms with Gasteiger partial charge in [0, 0.05) is 25.5 Å². The van der Waals surface area contributed by atoms with Gasteiger partial charge in [-0.25, -0.2) is 4.98 Å². The molecule has 0 saturated carbocycles. The molecule has 8 heteroatoms. The summed E-state index contributed by atoms with van der Waals surface area (Å²) in [5, 5.41) is 0.899. The Morgan fingerprint density at radius 2 is 1.69 bits per heavy atom. The number of hydrogen-bond acceptors (Lipinski definition) is 4. The van der Waals surface area contributed by atoms with Crippen molar-refractivity contribution in [3.8, 4) is 5.69 Å². The summed E-state index contributed by atoms with van der Waals surface area (Å²) in [4.78, 5) is 19.9. The summed E-state index contributed by atoms with van der Waals surface area (Å²) in [7, 11) is 3.85. The topological polar surface area (TPSA) is 38.1 Å². The average Bonchev–Trinajstić information content (AvgIpc) is 2.77. The van der Waals surface area contributed by atoms with E-state index in [9.17, 15) is 18.0 Å². The number of hydrogen-bond donors (Lipinski definition) is 0. The van der Waals surface area contributed by atoms with Crippen LogP contribution >= 0.6 is 11.8 Å². The van der Waals surface area contributed by atoms with Crippen molar-refractivity contribution >= 4 is 28.4 Å². The fourth-order valence-electron chi connectivity index (χ4n) is 3.32. The third-order valence-electron chi connectivity index (χ3n) is 4.99. The Morgan fingerprint density at radius 1 is 0.969 bits per heavy atom. The fourth-order valence-corrected chi connectivity index (χ4v) is 4.28. The van der Waals surface area contributed by atoms with Crippen molar-refractivity contribution in [1.82, 2.24) is 9.55 Å². The molecule has 1 heterocycles. The highest BCUT2D eigenvalue weighted by Gasteiger charge is 2.30. The molecular weight excluding hydrogens is 435 g/mol. The van der Waals surface area contributed by atoms with Gasteiger partial charge in [0.25, 0.3) is 5.56 Å². The van der Waals surface area contributed by atoms with Gasteiger partial charge in [-0.15, -0.1) is 0 Å². The predicted molar refractivity (Wildman–Crippen MR) is 123 cm³/mol. The first-order valence-corrected chi connectivity index (χ1v) is 10.8. The van der Waals surface area contributed by atoms with Crippen molar-refractivity contribution in [1.29, 1.82) is 0 Å². The molecule has 4 aromatic rings. The second-order valence-electron chi connectivity index (χ2n) is 7.45. The Kier molecular flexibility index (Phi) is 5.97. The van der Waals surface area contributed by atoms with Crippen LogP contribution in [0.5, 0.6) is 0 Å². The SMILES string of the molecule is CN(C)c1ccc(-n2c(SCc3cccc(C(F)(F)F)c3)nc3ccccc3c2=O)cc1. The number of benzene rings is 3. The summed E-state index contributed by atoms with van der Waals surface area (Å²) in [5.41, 5.74) is 1.75. The van der Waals surface area contributed by atoms with E-state index in [0.717, 1.165) is 17.8 Å². The van der Waals surface area contributed by atoms with E-state index in [1.807, 2.05) is 43.3 Å². The van der Waals surface area contributed by atoms with E-state index in [1.54, 1.807) is 30.3 Å². The van der Waals surface area contributed by atoms with Crippen LogP contribution < -0.4 is 10.5 Å². The molecule has 0 unspecified atom stereocenters. The molecule has 0 radical (unpaired) electrons. The van der Waals surface area contributed by atoms with Gasteiger partial charge in [-0.1, -0.05) is 42.1 Å². The Labute approximate surface area is 187 Å². The molecule has 0 fully saturated rings. The molecule has 0 bridgehead atoms. The van der Waals surface area contributed by atoms with E-state index < -0.39 is 11.7 Å². The normalized spacial score (nSPS) is 11.7. The Hall–Kier alpha value is -3.26. The summed E-state index contributed by atoms with van der Waals surface area (Å²) in [6.07, 6.45) is -4.40. The second kappa shape index (κ2) is 8.70. The molecule has 1 aromatic heterocycles. The molecule has 0 spiro atoms. The summed E-state index contributed by atoms with van der Waals surface area (Å²) >= 11 is 1.23. The van der Waals surface area contributed by atoms with Crippen molar-refractivity contribution in [2.24, 2.45) is 0 Å². The molecule has 3 aromatic carbocycles. The maximum Gasteiger partial charge on any atom is 0.416 e. The molecule has 0 N–H and O–H groups in total. The Balaban J connectivity index is 1.76. The van der Waals surface area contributed by atoms with Gasteiger partial charge in [0.05, 0.1) is 22.2 Å². The third kappa shape index (κ3) is 4.50. The van der Waals surface area contributed by atoms with Crippen molar-refractivity contribution < 1.29 is 13.2 Å². The maximum atomic E-state index is 13.3. The molecule has 32 heavy (non-hydrogen) atoms. The number of para-hydroxylation sites is 1. The monoisotopic (exact) mass is 455 g/mol. The predicted octanol–water partition coefficient (Wildman–Crippen LogP) is 5.76. The first-order valence-electron chi connectivity index (χ1n) is 9.82. The van der Waals surface area contributed by atoms with Crippen LogP contribution in [0.15, 0.2) is 82.7 Å². The van der Waals surface area contributed by atoms with Crippen LogP contribution in [0.1, 0.15) is 11.1 Å². The number of nitrogens with zero attached hydrogens (tertiary/aromatic N) is 3. The summed E-state index contributed by atoms with van der Waals surface area (Å²) < 4.78 is 40.7. The van der Waals surface area contributed by atoms with Crippen molar-refractivity contribution in [3.05, 3.63) is 94.3 Å². The highest BCUT2D eigenvalue weighted by Crippen LogP contribution is 2.31. The Morgan fingerprint density at radius 3 is 2.38 bits per heavy atom. The lowest BCUT2D eigenvalue weighted by Gasteiger charge is -2.16. The lowest BCUT2D eigenvalue weighted by molar-refractivity contribution is -0.137. The number of fused-ring (bicyclic) bond motifs is 1. The molecular formula is C24H20F3N3OS. The van der Waals surface area contributed by atoms with Crippen LogP contribution in [0.2, 0.25) is 0 Å². The molecule has 0 atom stereocenters. The average molecular weight is 456 g/mol. The summed E-state index contributed by atoms with van der Waals surface area (Å²) in [6.45, 7) is 0. The number of anilines is 1. The van der Waals surface area contributed by atoms with Crippen LogP contribution in [0.25, 0.3) is 16.6 Å². The fraction of sp³-hybridized carbons (Fsp3) is 0.167. The van der Waals surface area contributed by atoms with Crippen LogP contribution in [0.3, 0.4) is 0 Å². The number of halogens is 3. The molecule has 0 aliphatic rings. The molecule has 0 saturated heterocycles. The number of alkyl halides is 3.